The van der Waals surface area contributed by atoms with Gasteiger partial charge >= 0.3 is 0 Å². The summed E-state index contributed by atoms with van der Waals surface area (Å²) in [5.41, 5.74) is 2.48. The molecule has 0 atom stereocenters. The Balaban J connectivity index is 1.62. The molecule has 0 aliphatic heterocycles. The molecular weight excluding hydrogens is 388 g/mol. The zero-order valence-electron chi connectivity index (χ0n) is 16.2. The van der Waals surface area contributed by atoms with Crippen LogP contribution in [0.25, 0.3) is 0 Å². The van der Waals surface area contributed by atoms with Crippen LogP contribution in [0.5, 0.6) is 11.5 Å². The van der Waals surface area contributed by atoms with Crippen molar-refractivity contribution < 1.29 is 19.1 Å². The maximum absolute atomic E-state index is 12.6. The van der Waals surface area contributed by atoms with E-state index in [1.807, 2.05) is 23.6 Å². The van der Waals surface area contributed by atoms with Crippen LogP contribution < -0.4 is 20.1 Å². The standard InChI is InChI=1S/C22H22N2O4S/c1-27-19-8-7-15(13-20(19)28-2)9-11-23-22(26)17-5-3-4-6-18(17)24-21(25)16-10-12-29-14-16/h3-8,10,12-14H,9,11H2,1-2H3,(H,23,26)(H,24,25). The van der Waals surface area contributed by atoms with Crippen LogP contribution in [0.4, 0.5) is 5.69 Å². The van der Waals surface area contributed by atoms with Crippen molar-refractivity contribution in [1.29, 1.82) is 0 Å². The van der Waals surface area contributed by atoms with E-state index in [9.17, 15) is 9.59 Å². The van der Waals surface area contributed by atoms with E-state index >= 15 is 0 Å². The van der Waals surface area contributed by atoms with Gasteiger partial charge in [-0.15, -0.1) is 0 Å². The summed E-state index contributed by atoms with van der Waals surface area (Å²) in [6.45, 7) is 0.446. The third-order valence-corrected chi connectivity index (χ3v) is 5.03. The second-order valence-corrected chi connectivity index (χ2v) is 6.99. The van der Waals surface area contributed by atoms with E-state index in [4.69, 9.17) is 9.47 Å². The molecule has 2 amide bonds. The van der Waals surface area contributed by atoms with Crippen molar-refractivity contribution in [2.75, 3.05) is 26.1 Å². The summed E-state index contributed by atoms with van der Waals surface area (Å²) in [4.78, 5) is 24.9. The fourth-order valence-corrected chi connectivity index (χ4v) is 3.47. The Morgan fingerprint density at radius 2 is 1.76 bits per heavy atom. The first kappa shape index (κ1) is 20.4. The number of amides is 2. The lowest BCUT2D eigenvalue weighted by Gasteiger charge is -2.12. The predicted molar refractivity (Wildman–Crippen MR) is 114 cm³/mol. The highest BCUT2D eigenvalue weighted by Gasteiger charge is 2.14. The highest BCUT2D eigenvalue weighted by Crippen LogP contribution is 2.27. The number of para-hydroxylation sites is 1. The lowest BCUT2D eigenvalue weighted by molar-refractivity contribution is 0.0955. The molecule has 0 fully saturated rings. The lowest BCUT2D eigenvalue weighted by atomic mass is 10.1. The number of carbonyl (C=O) groups is 2. The molecule has 3 aromatic rings. The summed E-state index contributed by atoms with van der Waals surface area (Å²) in [7, 11) is 3.18. The highest BCUT2D eigenvalue weighted by atomic mass is 32.1. The van der Waals surface area contributed by atoms with Gasteiger partial charge in [0, 0.05) is 11.9 Å². The quantitative estimate of drug-likeness (QED) is 0.589. The fourth-order valence-electron chi connectivity index (χ4n) is 2.83. The first-order valence-electron chi connectivity index (χ1n) is 9.04. The van der Waals surface area contributed by atoms with Gasteiger partial charge in [-0.05, 0) is 47.7 Å². The molecule has 0 saturated heterocycles. The molecule has 1 aromatic heterocycles. The topological polar surface area (TPSA) is 76.7 Å². The van der Waals surface area contributed by atoms with Crippen molar-refractivity contribution in [2.24, 2.45) is 0 Å². The zero-order chi connectivity index (χ0) is 20.6. The molecule has 3 rings (SSSR count). The lowest BCUT2D eigenvalue weighted by Crippen LogP contribution is -2.27. The van der Waals surface area contributed by atoms with Crippen LogP contribution >= 0.6 is 11.3 Å². The summed E-state index contributed by atoms with van der Waals surface area (Å²) < 4.78 is 10.5. The summed E-state index contributed by atoms with van der Waals surface area (Å²) in [6, 6.07) is 14.4. The van der Waals surface area contributed by atoms with Gasteiger partial charge in [0.2, 0.25) is 0 Å². The van der Waals surface area contributed by atoms with Gasteiger partial charge < -0.3 is 20.1 Å². The average molecular weight is 410 g/mol. The van der Waals surface area contributed by atoms with E-state index in [2.05, 4.69) is 10.6 Å². The SMILES string of the molecule is COc1ccc(CCNC(=O)c2ccccc2NC(=O)c2ccsc2)cc1OC. The van der Waals surface area contributed by atoms with E-state index < -0.39 is 0 Å². The van der Waals surface area contributed by atoms with Gasteiger partial charge in [-0.25, -0.2) is 0 Å². The Bertz CT molecular complexity index is 986. The average Bonchev–Trinajstić information content (AvgIpc) is 3.29. The Morgan fingerprint density at radius 3 is 2.48 bits per heavy atom. The molecule has 0 unspecified atom stereocenters. The molecule has 1 heterocycles. The third kappa shape index (κ3) is 5.14. The van der Waals surface area contributed by atoms with Crippen molar-refractivity contribution in [3.8, 4) is 11.5 Å². The van der Waals surface area contributed by atoms with E-state index in [1.165, 1.54) is 11.3 Å². The molecule has 0 saturated carbocycles. The van der Waals surface area contributed by atoms with Crippen LogP contribution in [0.1, 0.15) is 26.3 Å². The molecule has 0 aliphatic rings. The molecule has 6 nitrogen and oxygen atoms in total. The van der Waals surface area contributed by atoms with Gasteiger partial charge in [0.05, 0.1) is 31.0 Å². The van der Waals surface area contributed by atoms with Gasteiger partial charge in [0.1, 0.15) is 0 Å². The predicted octanol–water partition coefficient (Wildman–Crippen LogP) is 3.99. The Hall–Kier alpha value is -3.32. The Morgan fingerprint density at radius 1 is 0.966 bits per heavy atom. The zero-order valence-corrected chi connectivity index (χ0v) is 17.0. The maximum atomic E-state index is 12.6. The number of hydrogen-bond donors (Lipinski definition) is 2. The number of anilines is 1. The number of methoxy groups -OCH3 is 2. The Labute approximate surface area is 173 Å². The smallest absolute Gasteiger partial charge is 0.256 e. The molecule has 0 spiro atoms. The number of nitrogens with one attached hydrogen (secondary N) is 2. The number of benzene rings is 2. The summed E-state index contributed by atoms with van der Waals surface area (Å²) in [6.07, 6.45) is 0.634. The Kier molecular flexibility index (Phi) is 6.86. The second-order valence-electron chi connectivity index (χ2n) is 6.21. The molecular formula is C22H22N2O4S. The molecule has 7 heteroatoms. The molecule has 2 N–H and O–H groups in total. The second kappa shape index (κ2) is 9.75. The van der Waals surface area contributed by atoms with Crippen molar-refractivity contribution in [3.05, 3.63) is 76.0 Å². The van der Waals surface area contributed by atoms with Crippen molar-refractivity contribution in [3.63, 3.8) is 0 Å². The summed E-state index contributed by atoms with van der Waals surface area (Å²) in [5.74, 6) is 0.830. The summed E-state index contributed by atoms with van der Waals surface area (Å²) >= 11 is 1.45. The largest absolute Gasteiger partial charge is 0.493 e. The molecule has 0 bridgehead atoms. The maximum Gasteiger partial charge on any atom is 0.256 e. The fraction of sp³-hybridized carbons (Fsp3) is 0.182. The summed E-state index contributed by atoms with van der Waals surface area (Å²) in [5, 5.41) is 9.31. The van der Waals surface area contributed by atoms with Crippen molar-refractivity contribution >= 4 is 28.8 Å². The molecule has 29 heavy (non-hydrogen) atoms. The van der Waals surface area contributed by atoms with Gasteiger partial charge in [-0.3, -0.25) is 9.59 Å². The van der Waals surface area contributed by atoms with Gasteiger partial charge in [-0.2, -0.15) is 11.3 Å². The van der Waals surface area contributed by atoms with Gasteiger partial charge in [-0.1, -0.05) is 18.2 Å². The van der Waals surface area contributed by atoms with Gasteiger partial charge in [0.25, 0.3) is 11.8 Å². The first-order valence-corrected chi connectivity index (χ1v) is 9.98. The van der Waals surface area contributed by atoms with Crippen molar-refractivity contribution in [1.82, 2.24) is 5.32 Å². The van der Waals surface area contributed by atoms with Crippen LogP contribution in [0.15, 0.2) is 59.3 Å². The van der Waals surface area contributed by atoms with Crippen molar-refractivity contribution in [2.45, 2.75) is 6.42 Å². The monoisotopic (exact) mass is 410 g/mol. The third-order valence-electron chi connectivity index (χ3n) is 4.35. The number of carbonyl (C=O) groups excluding carboxylic acids is 2. The van der Waals surface area contributed by atoms with E-state index in [0.717, 1.165) is 5.56 Å². The minimum Gasteiger partial charge on any atom is -0.493 e. The number of rotatable bonds is 8. The van der Waals surface area contributed by atoms with E-state index in [0.29, 0.717) is 41.3 Å². The molecule has 150 valence electrons. The first-order chi connectivity index (χ1) is 14.1. The van der Waals surface area contributed by atoms with Crippen LogP contribution in [-0.2, 0) is 6.42 Å². The van der Waals surface area contributed by atoms with E-state index in [-0.39, 0.29) is 11.8 Å². The van der Waals surface area contributed by atoms with E-state index in [1.54, 1.807) is 49.9 Å². The normalized spacial score (nSPS) is 10.3. The molecule has 2 aromatic carbocycles. The van der Waals surface area contributed by atoms with Crippen LogP contribution in [0, 0.1) is 0 Å². The minimum atomic E-state index is -0.244. The van der Waals surface area contributed by atoms with Crippen LogP contribution in [-0.4, -0.2) is 32.6 Å². The minimum absolute atomic E-state index is 0.239. The number of ether oxygens (including phenoxy) is 2. The molecule has 0 radical (unpaired) electrons. The number of hydrogen-bond acceptors (Lipinski definition) is 5. The molecule has 0 aliphatic carbocycles. The number of thiophene rings is 1. The van der Waals surface area contributed by atoms with Gasteiger partial charge in [0.15, 0.2) is 11.5 Å². The van der Waals surface area contributed by atoms with Crippen LogP contribution in [0.2, 0.25) is 0 Å². The van der Waals surface area contributed by atoms with Crippen LogP contribution in [0.3, 0.4) is 0 Å². The highest BCUT2D eigenvalue weighted by molar-refractivity contribution is 7.08.